The lowest BCUT2D eigenvalue weighted by atomic mass is 9.88. The Hall–Kier alpha value is -2.42. The molecule has 0 aliphatic carbocycles. The number of carbonyl (C=O) groups excluding carboxylic acids is 2. The second kappa shape index (κ2) is 7.64. The largest absolute Gasteiger partial charge is 0.507 e. The maximum atomic E-state index is 12.4. The van der Waals surface area contributed by atoms with Crippen LogP contribution in [-0.4, -0.2) is 29.7 Å². The van der Waals surface area contributed by atoms with Crippen molar-refractivity contribution >= 4 is 40.6 Å². The Bertz CT molecular complexity index is 824. The van der Waals surface area contributed by atoms with Gasteiger partial charge in [0.25, 0.3) is 5.91 Å². The minimum atomic E-state index is -0.830. The molecule has 3 rings (SSSR count). The quantitative estimate of drug-likeness (QED) is 0.289. The molecule has 2 atom stereocenters. The molecule has 128 valence electrons. The molecule has 1 aliphatic rings. The van der Waals surface area contributed by atoms with Crippen LogP contribution >= 0.6 is 22.6 Å². The van der Waals surface area contributed by atoms with Crippen LogP contribution in [0.5, 0.6) is 5.75 Å². The minimum absolute atomic E-state index is 0.0687. The zero-order chi connectivity index (χ0) is 17.8. The number of carbonyl (C=O) groups is 2. The highest BCUT2D eigenvalue weighted by Gasteiger charge is 2.40. The van der Waals surface area contributed by atoms with Crippen LogP contribution in [0.2, 0.25) is 0 Å². The summed E-state index contributed by atoms with van der Waals surface area (Å²) in [6.07, 6.45) is 1.36. The predicted molar refractivity (Wildman–Crippen MR) is 102 cm³/mol. The van der Waals surface area contributed by atoms with Crippen LogP contribution in [0.25, 0.3) is 0 Å². The Balaban J connectivity index is 1.72. The molecule has 2 aromatic rings. The molecule has 2 aromatic carbocycles. The van der Waals surface area contributed by atoms with E-state index in [2.05, 4.69) is 38.4 Å². The van der Waals surface area contributed by atoms with E-state index in [-0.39, 0.29) is 17.6 Å². The number of phenols is 1. The van der Waals surface area contributed by atoms with Gasteiger partial charge in [-0.25, -0.2) is 5.43 Å². The van der Waals surface area contributed by atoms with Crippen LogP contribution in [0.3, 0.4) is 0 Å². The van der Waals surface area contributed by atoms with Crippen molar-refractivity contribution in [2.45, 2.75) is 5.92 Å². The van der Waals surface area contributed by atoms with E-state index >= 15 is 0 Å². The summed E-state index contributed by atoms with van der Waals surface area (Å²) < 4.78 is 0.933. The van der Waals surface area contributed by atoms with Crippen LogP contribution in [0.1, 0.15) is 17.0 Å². The average molecular weight is 449 g/mol. The molecule has 0 unspecified atom stereocenters. The minimum Gasteiger partial charge on any atom is -0.507 e. The molecule has 0 aromatic heterocycles. The van der Waals surface area contributed by atoms with Gasteiger partial charge in [-0.05, 0) is 46.4 Å². The third kappa shape index (κ3) is 3.98. The zero-order valence-corrected chi connectivity index (χ0v) is 15.3. The summed E-state index contributed by atoms with van der Waals surface area (Å²) in [5, 5.41) is 16.4. The fourth-order valence-corrected chi connectivity index (χ4v) is 3.31. The number of hydrogen-bond donors (Lipinski definition) is 3. The summed E-state index contributed by atoms with van der Waals surface area (Å²) in [4.78, 5) is 24.5. The van der Waals surface area contributed by atoms with E-state index in [1.54, 1.807) is 18.2 Å². The molecule has 2 amide bonds. The summed E-state index contributed by atoms with van der Waals surface area (Å²) in [5.41, 5.74) is 3.83. The van der Waals surface area contributed by atoms with Gasteiger partial charge in [-0.3, -0.25) is 9.59 Å². The number of hydrazone groups is 1. The summed E-state index contributed by atoms with van der Waals surface area (Å²) in [6, 6.07) is 14.5. The molecule has 25 heavy (non-hydrogen) atoms. The highest BCUT2D eigenvalue weighted by atomic mass is 127. The van der Waals surface area contributed by atoms with Gasteiger partial charge in [0.15, 0.2) is 0 Å². The van der Waals surface area contributed by atoms with Crippen LogP contribution < -0.4 is 10.7 Å². The van der Waals surface area contributed by atoms with Crippen molar-refractivity contribution in [2.24, 2.45) is 11.0 Å². The summed E-state index contributed by atoms with van der Waals surface area (Å²) in [6.45, 7) is 0.419. The van der Waals surface area contributed by atoms with E-state index in [9.17, 15) is 14.7 Å². The Labute approximate surface area is 158 Å². The van der Waals surface area contributed by atoms with Crippen LogP contribution in [0, 0.1) is 9.49 Å². The lowest BCUT2D eigenvalue weighted by Gasteiger charge is -2.15. The fourth-order valence-electron chi connectivity index (χ4n) is 2.80. The van der Waals surface area contributed by atoms with Gasteiger partial charge in [-0.15, -0.1) is 0 Å². The first-order chi connectivity index (χ1) is 12.1. The van der Waals surface area contributed by atoms with Gasteiger partial charge in [-0.1, -0.05) is 30.3 Å². The smallest absolute Gasteiger partial charge is 0.253 e. The molecule has 6 nitrogen and oxygen atoms in total. The Morgan fingerprint density at radius 2 is 2.04 bits per heavy atom. The number of rotatable bonds is 4. The predicted octanol–water partition coefficient (Wildman–Crippen LogP) is 1.98. The SMILES string of the molecule is O=C1NC[C@H](c2ccccc2)[C@@H]1C(=O)N/N=C/c1cc(I)ccc1O. The Morgan fingerprint density at radius 3 is 2.80 bits per heavy atom. The average Bonchev–Trinajstić information content (AvgIpc) is 3.00. The number of amides is 2. The second-order valence-electron chi connectivity index (χ2n) is 5.68. The van der Waals surface area contributed by atoms with E-state index in [4.69, 9.17) is 0 Å². The monoisotopic (exact) mass is 449 g/mol. The van der Waals surface area contributed by atoms with Gasteiger partial charge in [0.2, 0.25) is 5.91 Å². The Morgan fingerprint density at radius 1 is 1.28 bits per heavy atom. The van der Waals surface area contributed by atoms with Gasteiger partial charge < -0.3 is 10.4 Å². The lowest BCUT2D eigenvalue weighted by Crippen LogP contribution is -2.34. The first kappa shape index (κ1) is 17.4. The van der Waals surface area contributed by atoms with Crippen molar-refractivity contribution in [2.75, 3.05) is 6.54 Å². The van der Waals surface area contributed by atoms with Crippen molar-refractivity contribution in [3.8, 4) is 5.75 Å². The molecular weight excluding hydrogens is 433 g/mol. The van der Waals surface area contributed by atoms with Crippen LogP contribution in [0.4, 0.5) is 0 Å². The van der Waals surface area contributed by atoms with E-state index in [1.165, 1.54) is 6.21 Å². The molecule has 3 N–H and O–H groups in total. The number of hydrogen-bond acceptors (Lipinski definition) is 4. The van der Waals surface area contributed by atoms with Crippen LogP contribution in [-0.2, 0) is 9.59 Å². The van der Waals surface area contributed by atoms with E-state index < -0.39 is 11.8 Å². The number of phenolic OH excluding ortho intramolecular Hbond substituents is 1. The molecule has 0 saturated carbocycles. The van der Waals surface area contributed by atoms with Gasteiger partial charge in [-0.2, -0.15) is 5.10 Å². The normalized spacial score (nSPS) is 19.8. The van der Waals surface area contributed by atoms with Crippen molar-refractivity contribution in [3.63, 3.8) is 0 Å². The Kier molecular flexibility index (Phi) is 5.32. The molecular formula is C18H16IN3O3. The van der Waals surface area contributed by atoms with Crippen molar-refractivity contribution < 1.29 is 14.7 Å². The lowest BCUT2D eigenvalue weighted by molar-refractivity contribution is -0.133. The molecule has 0 spiro atoms. The van der Waals surface area contributed by atoms with Crippen LogP contribution in [0.15, 0.2) is 53.6 Å². The van der Waals surface area contributed by atoms with Crippen molar-refractivity contribution in [3.05, 3.63) is 63.2 Å². The maximum Gasteiger partial charge on any atom is 0.253 e. The molecule has 7 heteroatoms. The first-order valence-corrected chi connectivity index (χ1v) is 8.78. The topological polar surface area (TPSA) is 90.8 Å². The van der Waals surface area contributed by atoms with Gasteiger partial charge in [0.1, 0.15) is 11.7 Å². The number of halogens is 1. The van der Waals surface area contributed by atoms with E-state index in [0.29, 0.717) is 12.1 Å². The van der Waals surface area contributed by atoms with Crippen molar-refractivity contribution in [1.82, 2.24) is 10.7 Å². The maximum absolute atomic E-state index is 12.4. The highest BCUT2D eigenvalue weighted by molar-refractivity contribution is 14.1. The molecule has 1 heterocycles. The number of benzene rings is 2. The third-order valence-corrected chi connectivity index (χ3v) is 4.73. The number of nitrogens with one attached hydrogen (secondary N) is 2. The summed E-state index contributed by atoms with van der Waals surface area (Å²) in [7, 11) is 0. The molecule has 1 aliphatic heterocycles. The second-order valence-corrected chi connectivity index (χ2v) is 6.92. The summed E-state index contributed by atoms with van der Waals surface area (Å²) in [5.74, 6) is -1.76. The molecule has 1 saturated heterocycles. The molecule has 1 fully saturated rings. The van der Waals surface area contributed by atoms with Gasteiger partial charge in [0, 0.05) is 21.6 Å². The van der Waals surface area contributed by atoms with E-state index in [0.717, 1.165) is 9.13 Å². The number of nitrogens with zero attached hydrogens (tertiary/aromatic N) is 1. The zero-order valence-electron chi connectivity index (χ0n) is 13.1. The molecule has 0 radical (unpaired) electrons. The standard InChI is InChI=1S/C18H16IN3O3/c19-13-6-7-15(23)12(8-13)9-21-22-18(25)16-14(10-20-17(16)24)11-4-2-1-3-5-11/h1-9,14,16,23H,10H2,(H,20,24)(H,22,25)/b21-9+/t14-,16+/m1/s1. The fraction of sp³-hybridized carbons (Fsp3) is 0.167. The highest BCUT2D eigenvalue weighted by Crippen LogP contribution is 2.29. The third-order valence-electron chi connectivity index (χ3n) is 4.06. The first-order valence-electron chi connectivity index (χ1n) is 7.70. The van der Waals surface area contributed by atoms with Crippen molar-refractivity contribution in [1.29, 1.82) is 0 Å². The van der Waals surface area contributed by atoms with E-state index in [1.807, 2.05) is 30.3 Å². The molecule has 0 bridgehead atoms. The summed E-state index contributed by atoms with van der Waals surface area (Å²) >= 11 is 2.12. The van der Waals surface area contributed by atoms with Gasteiger partial charge >= 0.3 is 0 Å². The van der Waals surface area contributed by atoms with Gasteiger partial charge in [0.05, 0.1) is 6.21 Å². The number of aromatic hydroxyl groups is 1.